The van der Waals surface area contributed by atoms with Crippen molar-refractivity contribution in [3.05, 3.63) is 29.8 Å². The van der Waals surface area contributed by atoms with E-state index < -0.39 is 8.60 Å². The van der Waals surface area contributed by atoms with Crippen LogP contribution in [0.1, 0.15) is 32.8 Å². The Morgan fingerprint density at radius 1 is 1.20 bits per heavy atom. The van der Waals surface area contributed by atoms with Crippen molar-refractivity contribution in [1.82, 2.24) is 0 Å². The largest absolute Gasteiger partial charge is 0.427 e. The predicted octanol–water partition coefficient (Wildman–Crippen LogP) is 2.96. The minimum atomic E-state index is -2.32. The zero-order valence-corrected chi connectivity index (χ0v) is 10.2. The van der Waals surface area contributed by atoms with Gasteiger partial charge in [0.15, 0.2) is 0 Å². The molecule has 0 aromatic heterocycles. The van der Waals surface area contributed by atoms with Crippen LogP contribution < -0.4 is 4.52 Å². The molecule has 0 saturated heterocycles. The molecule has 0 aliphatic rings. The molecule has 0 bridgehead atoms. The van der Waals surface area contributed by atoms with Gasteiger partial charge >= 0.3 is 8.60 Å². The number of benzene rings is 1. The van der Waals surface area contributed by atoms with Gasteiger partial charge in [0.05, 0.1) is 0 Å². The van der Waals surface area contributed by atoms with Gasteiger partial charge in [-0.05, 0) is 29.5 Å². The molecule has 1 aromatic rings. The fourth-order valence-corrected chi connectivity index (χ4v) is 1.58. The molecular weight excluding hydrogens is 211 g/mol. The van der Waals surface area contributed by atoms with Crippen LogP contribution in [0, 0.1) is 0 Å². The van der Waals surface area contributed by atoms with Crippen molar-refractivity contribution in [2.45, 2.75) is 32.6 Å². The second kappa shape index (κ2) is 4.93. The van der Waals surface area contributed by atoms with Crippen LogP contribution in [0.25, 0.3) is 0 Å². The summed E-state index contributed by atoms with van der Waals surface area (Å²) in [5.74, 6) is 0.488. The molecule has 0 spiro atoms. The van der Waals surface area contributed by atoms with Crippen molar-refractivity contribution >= 4 is 8.60 Å². The van der Waals surface area contributed by atoms with Gasteiger partial charge in [-0.15, -0.1) is 0 Å². The second-order valence-electron chi connectivity index (χ2n) is 4.11. The summed E-state index contributed by atoms with van der Waals surface area (Å²) in [5.41, 5.74) is 1.36. The van der Waals surface area contributed by atoms with Gasteiger partial charge in [0.1, 0.15) is 5.75 Å². The normalized spacial score (nSPS) is 11.9. The molecule has 0 unspecified atom stereocenters. The molecule has 0 aliphatic carbocycles. The van der Waals surface area contributed by atoms with Crippen LogP contribution in [-0.2, 0) is 5.41 Å². The van der Waals surface area contributed by atoms with Crippen molar-refractivity contribution in [3.63, 3.8) is 0 Å². The highest BCUT2D eigenvalue weighted by Gasteiger charge is 2.17. The lowest BCUT2D eigenvalue weighted by atomic mass is 9.82. The summed E-state index contributed by atoms with van der Waals surface area (Å²) in [7, 11) is -2.32. The maximum absolute atomic E-state index is 8.68. The maximum Gasteiger partial charge on any atom is 0.391 e. The Hall–Kier alpha value is -0.630. The van der Waals surface area contributed by atoms with E-state index in [-0.39, 0.29) is 5.41 Å². The van der Waals surface area contributed by atoms with E-state index in [1.165, 1.54) is 5.56 Å². The molecule has 1 aromatic carbocycles. The lowest BCUT2D eigenvalue weighted by molar-refractivity contribution is 0.375. The van der Waals surface area contributed by atoms with E-state index in [4.69, 9.17) is 14.3 Å². The van der Waals surface area contributed by atoms with Gasteiger partial charge in [-0.1, -0.05) is 32.9 Å². The van der Waals surface area contributed by atoms with Crippen LogP contribution in [0.5, 0.6) is 5.75 Å². The lowest BCUT2D eigenvalue weighted by Gasteiger charge is -2.23. The van der Waals surface area contributed by atoms with Crippen molar-refractivity contribution in [3.8, 4) is 5.75 Å². The standard InChI is InChI=1S/C11H17O3P/c1-4-11(2,3)9-5-7-10(8-6-9)14-15(12)13/h5-8,12-13H,4H2,1-3H3. The SMILES string of the molecule is CCC(C)(C)c1ccc(OP(O)O)cc1. The van der Waals surface area contributed by atoms with E-state index in [9.17, 15) is 0 Å². The highest BCUT2D eigenvalue weighted by molar-refractivity contribution is 7.39. The number of rotatable bonds is 4. The molecule has 2 N–H and O–H groups in total. The van der Waals surface area contributed by atoms with E-state index in [1.54, 1.807) is 12.1 Å². The summed E-state index contributed by atoms with van der Waals surface area (Å²) in [4.78, 5) is 17.4. The average molecular weight is 228 g/mol. The molecule has 3 nitrogen and oxygen atoms in total. The van der Waals surface area contributed by atoms with E-state index in [1.807, 2.05) is 12.1 Å². The number of hydrogen-bond donors (Lipinski definition) is 2. The highest BCUT2D eigenvalue weighted by atomic mass is 31.2. The van der Waals surface area contributed by atoms with Crippen LogP contribution in [0.3, 0.4) is 0 Å². The van der Waals surface area contributed by atoms with Gasteiger partial charge in [0.2, 0.25) is 0 Å². The molecule has 15 heavy (non-hydrogen) atoms. The maximum atomic E-state index is 8.68. The van der Waals surface area contributed by atoms with E-state index in [0.717, 1.165) is 6.42 Å². The van der Waals surface area contributed by atoms with Gasteiger partial charge in [-0.3, -0.25) is 0 Å². The smallest absolute Gasteiger partial charge is 0.391 e. The topological polar surface area (TPSA) is 49.7 Å². The Morgan fingerprint density at radius 2 is 1.73 bits per heavy atom. The molecule has 0 saturated carbocycles. The first kappa shape index (κ1) is 12.4. The summed E-state index contributed by atoms with van der Waals surface area (Å²) in [5, 5.41) is 0. The predicted molar refractivity (Wildman–Crippen MR) is 61.7 cm³/mol. The molecule has 0 amide bonds. The van der Waals surface area contributed by atoms with Gasteiger partial charge < -0.3 is 14.3 Å². The quantitative estimate of drug-likeness (QED) is 0.779. The zero-order valence-electron chi connectivity index (χ0n) is 9.27. The van der Waals surface area contributed by atoms with Gasteiger partial charge in [-0.25, -0.2) is 0 Å². The number of hydrogen-bond acceptors (Lipinski definition) is 3. The van der Waals surface area contributed by atoms with Crippen molar-refractivity contribution in [1.29, 1.82) is 0 Å². The summed E-state index contributed by atoms with van der Waals surface area (Å²) < 4.78 is 4.79. The third-order valence-corrected chi connectivity index (χ3v) is 3.08. The van der Waals surface area contributed by atoms with E-state index >= 15 is 0 Å². The van der Waals surface area contributed by atoms with Gasteiger partial charge in [-0.2, -0.15) is 0 Å². The highest BCUT2D eigenvalue weighted by Crippen LogP contribution is 2.32. The second-order valence-corrected chi connectivity index (χ2v) is 4.79. The van der Waals surface area contributed by atoms with Crippen LogP contribution >= 0.6 is 8.60 Å². The zero-order chi connectivity index (χ0) is 11.5. The van der Waals surface area contributed by atoms with Crippen LogP contribution in [0.15, 0.2) is 24.3 Å². The molecule has 0 radical (unpaired) electrons. The third kappa shape index (κ3) is 3.45. The molecule has 84 valence electrons. The Morgan fingerprint density at radius 3 is 2.13 bits per heavy atom. The summed E-state index contributed by atoms with van der Waals surface area (Å²) in [6.45, 7) is 6.49. The van der Waals surface area contributed by atoms with Crippen LogP contribution in [0.4, 0.5) is 0 Å². The minimum Gasteiger partial charge on any atom is -0.427 e. The third-order valence-electron chi connectivity index (χ3n) is 2.71. The fraction of sp³-hybridized carbons (Fsp3) is 0.455. The summed E-state index contributed by atoms with van der Waals surface area (Å²) in [6.07, 6.45) is 1.06. The summed E-state index contributed by atoms with van der Waals surface area (Å²) >= 11 is 0. The molecule has 0 atom stereocenters. The Balaban J connectivity index is 2.81. The Kier molecular flexibility index (Phi) is 4.09. The van der Waals surface area contributed by atoms with E-state index in [0.29, 0.717) is 5.75 Å². The van der Waals surface area contributed by atoms with Crippen LogP contribution in [0.2, 0.25) is 0 Å². The first-order chi connectivity index (χ1) is 6.95. The first-order valence-corrected chi connectivity index (χ1v) is 6.08. The first-order valence-electron chi connectivity index (χ1n) is 4.92. The van der Waals surface area contributed by atoms with Crippen molar-refractivity contribution < 1.29 is 14.3 Å². The lowest BCUT2D eigenvalue weighted by Crippen LogP contribution is -2.14. The molecule has 0 aliphatic heterocycles. The Bertz CT molecular complexity index is 306. The average Bonchev–Trinajstić information content (AvgIpc) is 2.18. The molecule has 4 heteroatoms. The minimum absolute atomic E-state index is 0.141. The molecule has 0 fully saturated rings. The van der Waals surface area contributed by atoms with Crippen molar-refractivity contribution in [2.75, 3.05) is 0 Å². The molecular formula is C11H17O3P. The van der Waals surface area contributed by atoms with Crippen LogP contribution in [-0.4, -0.2) is 9.79 Å². The fourth-order valence-electron chi connectivity index (χ4n) is 1.27. The van der Waals surface area contributed by atoms with E-state index in [2.05, 4.69) is 20.8 Å². The summed E-state index contributed by atoms with van der Waals surface area (Å²) in [6, 6.07) is 7.43. The van der Waals surface area contributed by atoms with Gasteiger partial charge in [0, 0.05) is 0 Å². The monoisotopic (exact) mass is 228 g/mol. The molecule has 0 heterocycles. The molecule has 1 rings (SSSR count). The van der Waals surface area contributed by atoms with Gasteiger partial charge in [0.25, 0.3) is 0 Å². The Labute approximate surface area is 91.7 Å². The van der Waals surface area contributed by atoms with Crippen molar-refractivity contribution in [2.24, 2.45) is 0 Å².